The van der Waals surface area contributed by atoms with Gasteiger partial charge in [-0.05, 0) is 12.1 Å². The normalized spacial score (nSPS) is 20.4. The van der Waals surface area contributed by atoms with E-state index in [4.69, 9.17) is 4.74 Å². The van der Waals surface area contributed by atoms with Gasteiger partial charge >= 0.3 is 0 Å². The van der Waals surface area contributed by atoms with Gasteiger partial charge in [-0.15, -0.1) is 0 Å². The summed E-state index contributed by atoms with van der Waals surface area (Å²) in [5.74, 6) is 0.985. The Morgan fingerprint density at radius 2 is 1.90 bits per heavy atom. The second kappa shape index (κ2) is 5.63. The molecular weight excluding hydrogens is 266 g/mol. The Morgan fingerprint density at radius 1 is 1.10 bits per heavy atom. The van der Waals surface area contributed by atoms with Crippen molar-refractivity contribution >= 4 is 17.0 Å². The van der Waals surface area contributed by atoms with Crippen LogP contribution in [0.5, 0.6) is 0 Å². The molecule has 0 spiro atoms. The highest BCUT2D eigenvalue weighted by Crippen LogP contribution is 2.22. The molecule has 3 heterocycles. The first-order valence-electron chi connectivity index (χ1n) is 7.62. The van der Waals surface area contributed by atoms with Crippen LogP contribution in [0.15, 0.2) is 24.3 Å². The molecule has 0 aliphatic carbocycles. The molecule has 1 fully saturated rings. The molecule has 112 valence electrons. The lowest BCUT2D eigenvalue weighted by molar-refractivity contribution is 0.0318. The molecule has 4 rings (SSSR count). The lowest BCUT2D eigenvalue weighted by Crippen LogP contribution is -2.44. The van der Waals surface area contributed by atoms with Crippen molar-refractivity contribution in [2.24, 2.45) is 0 Å². The van der Waals surface area contributed by atoms with Gasteiger partial charge < -0.3 is 10.1 Å². The number of aromatic nitrogens is 2. The van der Waals surface area contributed by atoms with Gasteiger partial charge in [0, 0.05) is 26.2 Å². The highest BCUT2D eigenvalue weighted by atomic mass is 16.5. The molecule has 1 saturated heterocycles. The van der Waals surface area contributed by atoms with Crippen LogP contribution in [-0.4, -0.2) is 65.4 Å². The fraction of sp³-hybridized carbons (Fsp3) is 0.533. The largest absolute Gasteiger partial charge is 0.379 e. The maximum absolute atomic E-state index is 5.40. The minimum atomic E-state index is 0.869. The predicted octanol–water partition coefficient (Wildman–Crippen LogP) is 1.01. The number of anilines is 1. The van der Waals surface area contributed by atoms with Crippen LogP contribution >= 0.6 is 0 Å². The third-order valence-corrected chi connectivity index (χ3v) is 4.29. The molecule has 0 unspecified atom stereocenters. The van der Waals surface area contributed by atoms with E-state index in [2.05, 4.69) is 42.9 Å². The topological polar surface area (TPSA) is 45.6 Å². The smallest absolute Gasteiger partial charge is 0.206 e. The lowest BCUT2D eigenvalue weighted by atomic mass is 10.3. The summed E-state index contributed by atoms with van der Waals surface area (Å²) in [7, 11) is 0. The number of fused-ring (bicyclic) bond motifs is 3. The average molecular weight is 287 g/mol. The summed E-state index contributed by atoms with van der Waals surface area (Å²) in [5.41, 5.74) is 2.27. The first-order chi connectivity index (χ1) is 10.4. The Labute approximate surface area is 124 Å². The summed E-state index contributed by atoms with van der Waals surface area (Å²) in [6.45, 7) is 7.80. The molecule has 0 saturated carbocycles. The second-order valence-corrected chi connectivity index (χ2v) is 5.68. The molecule has 0 bridgehead atoms. The first kappa shape index (κ1) is 13.1. The van der Waals surface area contributed by atoms with Crippen molar-refractivity contribution in [3.63, 3.8) is 0 Å². The van der Waals surface area contributed by atoms with Crippen LogP contribution in [0.2, 0.25) is 0 Å². The van der Waals surface area contributed by atoms with Crippen LogP contribution in [0, 0.1) is 0 Å². The van der Waals surface area contributed by atoms with Crippen molar-refractivity contribution in [3.8, 4) is 0 Å². The van der Waals surface area contributed by atoms with E-state index in [9.17, 15) is 0 Å². The molecular formula is C15H21N5O. The molecule has 2 aliphatic heterocycles. The third-order valence-electron chi connectivity index (χ3n) is 4.29. The Morgan fingerprint density at radius 3 is 2.81 bits per heavy atom. The summed E-state index contributed by atoms with van der Waals surface area (Å²) in [4.78, 5) is 9.54. The minimum absolute atomic E-state index is 0.869. The highest BCUT2D eigenvalue weighted by Gasteiger charge is 2.20. The van der Waals surface area contributed by atoms with Crippen molar-refractivity contribution in [3.05, 3.63) is 24.3 Å². The lowest BCUT2D eigenvalue weighted by Gasteiger charge is -2.32. The van der Waals surface area contributed by atoms with Crippen LogP contribution in [0.3, 0.4) is 0 Å². The van der Waals surface area contributed by atoms with E-state index < -0.39 is 0 Å². The van der Waals surface area contributed by atoms with Crippen molar-refractivity contribution in [2.45, 2.75) is 6.67 Å². The van der Waals surface area contributed by atoms with Gasteiger partial charge in [-0.25, -0.2) is 4.98 Å². The number of hydrogen-bond donors (Lipinski definition) is 1. The van der Waals surface area contributed by atoms with Gasteiger partial charge in [-0.1, -0.05) is 12.1 Å². The van der Waals surface area contributed by atoms with E-state index in [1.165, 1.54) is 5.52 Å². The van der Waals surface area contributed by atoms with E-state index in [0.717, 1.165) is 64.2 Å². The Balaban J connectivity index is 1.43. The minimum Gasteiger partial charge on any atom is -0.379 e. The predicted molar refractivity (Wildman–Crippen MR) is 82.2 cm³/mol. The number of rotatable bonds is 3. The van der Waals surface area contributed by atoms with E-state index in [-0.39, 0.29) is 0 Å². The molecule has 6 heteroatoms. The fourth-order valence-electron chi connectivity index (χ4n) is 3.04. The molecule has 1 aromatic carbocycles. The molecule has 0 atom stereocenters. The number of morpholine rings is 1. The van der Waals surface area contributed by atoms with Crippen LogP contribution in [-0.2, 0) is 11.4 Å². The number of hydrogen-bond acceptors (Lipinski definition) is 5. The zero-order chi connectivity index (χ0) is 14.1. The van der Waals surface area contributed by atoms with Crippen molar-refractivity contribution in [1.82, 2.24) is 19.4 Å². The van der Waals surface area contributed by atoms with Crippen LogP contribution in [0.25, 0.3) is 11.0 Å². The summed E-state index contributed by atoms with van der Waals surface area (Å²) in [5, 5.41) is 3.42. The maximum atomic E-state index is 5.40. The van der Waals surface area contributed by atoms with Gasteiger partial charge in [0.2, 0.25) is 5.95 Å². The van der Waals surface area contributed by atoms with Gasteiger partial charge in [-0.2, -0.15) is 0 Å². The number of nitrogens with zero attached hydrogens (tertiary/aromatic N) is 4. The van der Waals surface area contributed by atoms with Gasteiger partial charge in [0.25, 0.3) is 0 Å². The Kier molecular flexibility index (Phi) is 3.50. The number of para-hydroxylation sites is 2. The van der Waals surface area contributed by atoms with Crippen LogP contribution in [0.4, 0.5) is 5.95 Å². The quantitative estimate of drug-likeness (QED) is 0.913. The molecule has 2 aromatic rings. The van der Waals surface area contributed by atoms with E-state index in [1.807, 2.05) is 6.07 Å². The number of ether oxygens (including phenoxy) is 1. The van der Waals surface area contributed by atoms with Crippen molar-refractivity contribution in [1.29, 1.82) is 0 Å². The van der Waals surface area contributed by atoms with Gasteiger partial charge in [-0.3, -0.25) is 14.4 Å². The SMILES string of the molecule is c1ccc2c(c1)nc1n2CN(CCN2CCOCC2)CN1. The summed E-state index contributed by atoms with van der Waals surface area (Å²) < 4.78 is 7.66. The number of benzene rings is 1. The second-order valence-electron chi connectivity index (χ2n) is 5.68. The zero-order valence-corrected chi connectivity index (χ0v) is 12.2. The zero-order valence-electron chi connectivity index (χ0n) is 12.2. The highest BCUT2D eigenvalue weighted by molar-refractivity contribution is 5.78. The van der Waals surface area contributed by atoms with Crippen molar-refractivity contribution < 1.29 is 4.74 Å². The molecule has 6 nitrogen and oxygen atoms in total. The molecule has 0 amide bonds. The Bertz CT molecular complexity index is 620. The average Bonchev–Trinajstić information content (AvgIpc) is 2.92. The summed E-state index contributed by atoms with van der Waals surface area (Å²) >= 11 is 0. The number of imidazole rings is 1. The molecule has 2 aliphatic rings. The van der Waals surface area contributed by atoms with E-state index >= 15 is 0 Å². The summed E-state index contributed by atoms with van der Waals surface area (Å²) in [6.07, 6.45) is 0. The Hall–Kier alpha value is -1.63. The van der Waals surface area contributed by atoms with Crippen LogP contribution in [0.1, 0.15) is 0 Å². The van der Waals surface area contributed by atoms with Gasteiger partial charge in [0.1, 0.15) is 0 Å². The molecule has 0 radical (unpaired) electrons. The van der Waals surface area contributed by atoms with E-state index in [1.54, 1.807) is 0 Å². The number of nitrogens with one attached hydrogen (secondary N) is 1. The maximum Gasteiger partial charge on any atom is 0.206 e. The molecule has 1 aromatic heterocycles. The van der Waals surface area contributed by atoms with Crippen molar-refractivity contribution in [2.75, 3.05) is 51.4 Å². The fourth-order valence-corrected chi connectivity index (χ4v) is 3.04. The van der Waals surface area contributed by atoms with E-state index in [0.29, 0.717) is 0 Å². The molecule has 21 heavy (non-hydrogen) atoms. The standard InChI is InChI=1S/C15H21N5O/c1-2-4-14-13(3-1)17-15-16-11-19(12-20(14)15)6-5-18-7-9-21-10-8-18/h1-4H,5-12H2,(H,16,17). The van der Waals surface area contributed by atoms with Crippen LogP contribution < -0.4 is 5.32 Å². The third kappa shape index (κ3) is 2.62. The summed E-state index contributed by atoms with van der Waals surface area (Å²) in [6, 6.07) is 8.32. The monoisotopic (exact) mass is 287 g/mol. The van der Waals surface area contributed by atoms with Gasteiger partial charge in [0.05, 0.1) is 37.6 Å². The first-order valence-corrected chi connectivity index (χ1v) is 7.62. The van der Waals surface area contributed by atoms with Gasteiger partial charge in [0.15, 0.2) is 0 Å². The molecule has 1 N–H and O–H groups in total.